The molecule has 0 fully saturated rings. The summed E-state index contributed by atoms with van der Waals surface area (Å²) in [5, 5.41) is 13.8. The Bertz CT molecular complexity index is 1030. The highest BCUT2D eigenvalue weighted by atomic mass is 16.5. The Morgan fingerprint density at radius 1 is 1.26 bits per heavy atom. The lowest BCUT2D eigenvalue weighted by Crippen LogP contribution is -2.00. The van der Waals surface area contributed by atoms with Crippen molar-refractivity contribution in [2.75, 3.05) is 20.0 Å². The van der Waals surface area contributed by atoms with Crippen molar-refractivity contribution in [3.8, 4) is 40.0 Å². The average Bonchev–Trinajstić information content (AvgIpc) is 3.15. The molecule has 0 aliphatic heterocycles. The summed E-state index contributed by atoms with van der Waals surface area (Å²) in [5.74, 6) is 1.42. The Morgan fingerprint density at radius 3 is 2.74 bits per heavy atom. The van der Waals surface area contributed by atoms with E-state index in [1.165, 1.54) is 0 Å². The highest BCUT2D eigenvalue weighted by Crippen LogP contribution is 2.36. The monoisotopic (exact) mass is 361 g/mol. The molecule has 2 aromatic heterocycles. The number of benzene rings is 1. The molecule has 0 saturated carbocycles. The maximum atomic E-state index is 9.55. The van der Waals surface area contributed by atoms with E-state index in [1.807, 2.05) is 24.4 Å². The fraction of sp³-hybridized carbons (Fsp3) is 0.150. The molecule has 0 aliphatic carbocycles. The number of aromatic nitrogens is 3. The number of allylic oxidation sites excluding steroid dienone is 1. The third kappa shape index (κ3) is 3.46. The molecule has 3 aromatic rings. The molecule has 0 aliphatic rings. The van der Waals surface area contributed by atoms with Crippen molar-refractivity contribution in [3.05, 3.63) is 54.9 Å². The number of hydrogen-bond donors (Lipinski definition) is 1. The number of rotatable bonds is 6. The van der Waals surface area contributed by atoms with Crippen LogP contribution in [-0.4, -0.2) is 29.0 Å². The highest BCUT2D eigenvalue weighted by Gasteiger charge is 2.17. The zero-order valence-electron chi connectivity index (χ0n) is 15.1. The number of nitriles is 1. The van der Waals surface area contributed by atoms with Crippen LogP contribution in [0.25, 0.3) is 22.4 Å². The van der Waals surface area contributed by atoms with Gasteiger partial charge in [0.05, 0.1) is 32.7 Å². The molecule has 0 saturated heterocycles. The molecule has 136 valence electrons. The van der Waals surface area contributed by atoms with Gasteiger partial charge in [0.25, 0.3) is 0 Å². The van der Waals surface area contributed by atoms with Crippen LogP contribution in [0.1, 0.15) is 5.56 Å². The van der Waals surface area contributed by atoms with E-state index in [-0.39, 0.29) is 5.82 Å². The summed E-state index contributed by atoms with van der Waals surface area (Å²) in [6.07, 6.45) is 5.27. The number of ether oxygens (including phenoxy) is 2. The topological polar surface area (TPSA) is 99.0 Å². The van der Waals surface area contributed by atoms with Crippen LogP contribution >= 0.6 is 0 Å². The minimum absolute atomic E-state index is 0.152. The summed E-state index contributed by atoms with van der Waals surface area (Å²) >= 11 is 0. The minimum atomic E-state index is 0.152. The molecule has 1 aromatic carbocycles. The van der Waals surface area contributed by atoms with Crippen molar-refractivity contribution in [1.82, 2.24) is 14.8 Å². The van der Waals surface area contributed by atoms with E-state index in [0.29, 0.717) is 34.9 Å². The van der Waals surface area contributed by atoms with Crippen molar-refractivity contribution in [2.24, 2.45) is 0 Å². The molecule has 27 heavy (non-hydrogen) atoms. The maximum Gasteiger partial charge on any atom is 0.142 e. The van der Waals surface area contributed by atoms with Crippen LogP contribution in [0.2, 0.25) is 0 Å². The highest BCUT2D eigenvalue weighted by molar-refractivity contribution is 5.81. The van der Waals surface area contributed by atoms with Gasteiger partial charge in [-0.25, -0.2) is 4.98 Å². The summed E-state index contributed by atoms with van der Waals surface area (Å²) in [4.78, 5) is 4.40. The zero-order valence-corrected chi connectivity index (χ0v) is 15.1. The second-order valence-electron chi connectivity index (χ2n) is 5.73. The van der Waals surface area contributed by atoms with E-state index in [4.69, 9.17) is 15.2 Å². The number of pyridine rings is 1. The number of nitrogens with two attached hydrogens (primary N) is 1. The lowest BCUT2D eigenvalue weighted by Gasteiger charge is -2.12. The Labute approximate surface area is 157 Å². The van der Waals surface area contributed by atoms with Gasteiger partial charge in [-0.05, 0) is 18.2 Å². The first kappa shape index (κ1) is 18.0. The second-order valence-corrected chi connectivity index (χ2v) is 5.73. The van der Waals surface area contributed by atoms with Crippen molar-refractivity contribution in [3.63, 3.8) is 0 Å². The molecule has 0 radical (unpaired) electrons. The van der Waals surface area contributed by atoms with Crippen molar-refractivity contribution < 1.29 is 9.47 Å². The number of methoxy groups -OCH3 is 2. The predicted molar refractivity (Wildman–Crippen MR) is 103 cm³/mol. The van der Waals surface area contributed by atoms with Crippen molar-refractivity contribution in [1.29, 1.82) is 5.26 Å². The lowest BCUT2D eigenvalue weighted by molar-refractivity contribution is 0.395. The van der Waals surface area contributed by atoms with Gasteiger partial charge < -0.3 is 15.2 Å². The van der Waals surface area contributed by atoms with Crippen LogP contribution in [0.15, 0.2) is 49.3 Å². The molecule has 7 nitrogen and oxygen atoms in total. The first-order chi connectivity index (χ1) is 13.1. The van der Waals surface area contributed by atoms with Gasteiger partial charge in [0.15, 0.2) is 0 Å². The second kappa shape index (κ2) is 7.62. The van der Waals surface area contributed by atoms with Crippen LogP contribution in [0, 0.1) is 11.3 Å². The van der Waals surface area contributed by atoms with Gasteiger partial charge in [-0.3, -0.25) is 4.68 Å². The molecule has 0 unspecified atom stereocenters. The molecule has 0 amide bonds. The van der Waals surface area contributed by atoms with Crippen LogP contribution in [0.4, 0.5) is 5.82 Å². The quantitative estimate of drug-likeness (QED) is 0.677. The molecule has 0 atom stereocenters. The summed E-state index contributed by atoms with van der Waals surface area (Å²) in [5.41, 5.74) is 9.16. The average molecular weight is 361 g/mol. The number of nitrogen functional groups attached to an aromatic ring is 1. The predicted octanol–water partition coefficient (Wildman–Crippen LogP) is 3.27. The standard InChI is InChI=1S/C20H19N5O2/c1-4-7-25-12-13(11-23-25)16-9-18(24-20(22)17(16)10-21)15-6-5-14(26-2)8-19(15)27-3/h4-6,8-9,11-12H,1,7H2,2-3H3,(H2,22,24). The zero-order chi connectivity index (χ0) is 19.4. The fourth-order valence-corrected chi connectivity index (χ4v) is 2.79. The van der Waals surface area contributed by atoms with E-state index < -0.39 is 0 Å². The molecular weight excluding hydrogens is 342 g/mol. The summed E-state index contributed by atoms with van der Waals surface area (Å²) in [6.45, 7) is 4.28. The Balaban J connectivity index is 2.18. The molecule has 3 rings (SSSR count). The molecular formula is C20H19N5O2. The minimum Gasteiger partial charge on any atom is -0.497 e. The van der Waals surface area contributed by atoms with E-state index in [0.717, 1.165) is 11.1 Å². The fourth-order valence-electron chi connectivity index (χ4n) is 2.79. The van der Waals surface area contributed by atoms with Gasteiger partial charge in [-0.15, -0.1) is 6.58 Å². The molecule has 0 bridgehead atoms. The van der Waals surface area contributed by atoms with Crippen LogP contribution in [0.3, 0.4) is 0 Å². The van der Waals surface area contributed by atoms with E-state index >= 15 is 0 Å². The molecule has 7 heteroatoms. The molecule has 0 spiro atoms. The van der Waals surface area contributed by atoms with Crippen molar-refractivity contribution >= 4 is 5.82 Å². The van der Waals surface area contributed by atoms with Gasteiger partial charge in [-0.1, -0.05) is 6.08 Å². The Kier molecular flexibility index (Phi) is 5.08. The van der Waals surface area contributed by atoms with Gasteiger partial charge in [-0.2, -0.15) is 10.4 Å². The van der Waals surface area contributed by atoms with E-state index in [1.54, 1.807) is 37.2 Å². The third-order valence-corrected chi connectivity index (χ3v) is 4.10. The largest absolute Gasteiger partial charge is 0.497 e. The number of nitrogens with zero attached hydrogens (tertiary/aromatic N) is 4. The van der Waals surface area contributed by atoms with Gasteiger partial charge in [0, 0.05) is 29.0 Å². The molecule has 2 heterocycles. The molecule has 2 N–H and O–H groups in total. The lowest BCUT2D eigenvalue weighted by atomic mass is 10.0. The maximum absolute atomic E-state index is 9.55. The Hall–Kier alpha value is -3.79. The smallest absolute Gasteiger partial charge is 0.142 e. The van der Waals surface area contributed by atoms with Gasteiger partial charge in [0.1, 0.15) is 28.9 Å². The summed E-state index contributed by atoms with van der Waals surface area (Å²) in [6, 6.07) is 9.38. The number of anilines is 1. The van der Waals surface area contributed by atoms with Crippen LogP contribution in [-0.2, 0) is 6.54 Å². The van der Waals surface area contributed by atoms with Crippen LogP contribution < -0.4 is 15.2 Å². The van der Waals surface area contributed by atoms with Gasteiger partial charge >= 0.3 is 0 Å². The van der Waals surface area contributed by atoms with Crippen molar-refractivity contribution in [2.45, 2.75) is 6.54 Å². The third-order valence-electron chi connectivity index (χ3n) is 4.10. The Morgan fingerprint density at radius 2 is 2.07 bits per heavy atom. The SMILES string of the molecule is C=CCn1cc(-c2cc(-c3ccc(OC)cc3OC)nc(N)c2C#N)cn1. The number of hydrogen-bond acceptors (Lipinski definition) is 6. The van der Waals surface area contributed by atoms with Gasteiger partial charge in [0.2, 0.25) is 0 Å². The first-order valence-corrected chi connectivity index (χ1v) is 8.18. The van der Waals surface area contributed by atoms with E-state index in [2.05, 4.69) is 22.7 Å². The van der Waals surface area contributed by atoms with E-state index in [9.17, 15) is 5.26 Å². The summed E-state index contributed by atoms with van der Waals surface area (Å²) in [7, 11) is 3.16. The van der Waals surface area contributed by atoms with Crippen LogP contribution in [0.5, 0.6) is 11.5 Å². The normalized spacial score (nSPS) is 10.3. The summed E-state index contributed by atoms with van der Waals surface area (Å²) < 4.78 is 12.4. The first-order valence-electron chi connectivity index (χ1n) is 8.18.